The van der Waals surface area contributed by atoms with Crippen LogP contribution in [0.3, 0.4) is 0 Å². The number of halogens is 2. The number of rotatable bonds is 5. The van der Waals surface area contributed by atoms with Crippen LogP contribution < -0.4 is 5.32 Å². The fourth-order valence-corrected chi connectivity index (χ4v) is 2.46. The lowest BCUT2D eigenvalue weighted by Gasteiger charge is -2.10. The Morgan fingerprint density at radius 3 is 2.40 bits per heavy atom. The quantitative estimate of drug-likeness (QED) is 0.800. The molecule has 0 unspecified atom stereocenters. The Labute approximate surface area is 157 Å². The molecular weight excluding hydrogens is 359 g/mol. The summed E-state index contributed by atoms with van der Waals surface area (Å²) in [6.45, 7) is 0.364. The summed E-state index contributed by atoms with van der Waals surface area (Å²) in [5, 5.41) is 3.63. The van der Waals surface area contributed by atoms with Crippen LogP contribution in [0.15, 0.2) is 48.5 Å². The minimum atomic E-state index is -0.246. The molecule has 1 N–H and O–H groups in total. The SMILES string of the molecule is CN(C)C(=O)c1ccc(CNC(=O)/C=C/c2cccc(Cl)c2Cl)cc1. The average Bonchev–Trinajstić information content (AvgIpc) is 2.61. The molecule has 25 heavy (non-hydrogen) atoms. The van der Waals surface area contributed by atoms with Crippen LogP contribution >= 0.6 is 23.2 Å². The highest BCUT2D eigenvalue weighted by Crippen LogP contribution is 2.26. The van der Waals surface area contributed by atoms with Gasteiger partial charge in [0.2, 0.25) is 5.91 Å². The van der Waals surface area contributed by atoms with Crippen LogP contribution in [-0.2, 0) is 11.3 Å². The third-order valence-corrected chi connectivity index (χ3v) is 4.30. The Hall–Kier alpha value is -2.30. The first-order chi connectivity index (χ1) is 11.9. The fourth-order valence-electron chi connectivity index (χ4n) is 2.09. The molecule has 4 nitrogen and oxygen atoms in total. The molecule has 0 aliphatic carbocycles. The van der Waals surface area contributed by atoms with Crippen molar-refractivity contribution in [2.75, 3.05) is 14.1 Å². The highest BCUT2D eigenvalue weighted by Gasteiger charge is 2.07. The third kappa shape index (κ3) is 5.34. The molecule has 0 fully saturated rings. The van der Waals surface area contributed by atoms with Gasteiger partial charge in [-0.1, -0.05) is 47.5 Å². The van der Waals surface area contributed by atoms with Crippen molar-refractivity contribution in [2.45, 2.75) is 6.54 Å². The molecule has 2 rings (SSSR count). The van der Waals surface area contributed by atoms with E-state index in [9.17, 15) is 9.59 Å². The third-order valence-electron chi connectivity index (χ3n) is 3.47. The number of nitrogens with one attached hydrogen (secondary N) is 1. The molecule has 0 aromatic heterocycles. The van der Waals surface area contributed by atoms with Gasteiger partial charge in [-0.2, -0.15) is 0 Å². The molecule has 2 aromatic carbocycles. The van der Waals surface area contributed by atoms with E-state index in [-0.39, 0.29) is 11.8 Å². The molecular formula is C19H18Cl2N2O2. The van der Waals surface area contributed by atoms with E-state index in [0.717, 1.165) is 5.56 Å². The Balaban J connectivity index is 1.92. The zero-order valence-corrected chi connectivity index (χ0v) is 15.4. The summed E-state index contributed by atoms with van der Waals surface area (Å²) in [5.74, 6) is -0.304. The highest BCUT2D eigenvalue weighted by molar-refractivity contribution is 6.42. The standard InChI is InChI=1S/C19H18Cl2N2O2/c1-23(2)19(25)15-8-6-13(7-9-15)12-22-17(24)11-10-14-4-3-5-16(20)18(14)21/h3-11H,12H2,1-2H3,(H,22,24)/b11-10+. The van der Waals surface area contributed by atoms with Gasteiger partial charge in [0.05, 0.1) is 10.0 Å². The van der Waals surface area contributed by atoms with Crippen LogP contribution in [-0.4, -0.2) is 30.8 Å². The molecule has 6 heteroatoms. The molecule has 0 heterocycles. The second kappa shape index (κ2) is 8.70. The minimum Gasteiger partial charge on any atom is -0.348 e. The maximum atomic E-state index is 11.9. The number of nitrogens with zero attached hydrogens (tertiary/aromatic N) is 1. The van der Waals surface area contributed by atoms with E-state index in [0.29, 0.717) is 27.7 Å². The predicted molar refractivity (Wildman–Crippen MR) is 102 cm³/mol. The van der Waals surface area contributed by atoms with E-state index < -0.39 is 0 Å². The molecule has 130 valence electrons. The van der Waals surface area contributed by atoms with Gasteiger partial charge in [-0.05, 0) is 35.4 Å². The first-order valence-corrected chi connectivity index (χ1v) is 8.34. The van der Waals surface area contributed by atoms with E-state index in [4.69, 9.17) is 23.2 Å². The molecule has 0 spiro atoms. The molecule has 0 aliphatic heterocycles. The molecule has 0 saturated carbocycles. The number of hydrogen-bond acceptors (Lipinski definition) is 2. The zero-order chi connectivity index (χ0) is 18.4. The monoisotopic (exact) mass is 376 g/mol. The van der Waals surface area contributed by atoms with E-state index in [1.54, 1.807) is 50.5 Å². The Kier molecular flexibility index (Phi) is 6.62. The first-order valence-electron chi connectivity index (χ1n) is 7.59. The summed E-state index contributed by atoms with van der Waals surface area (Å²) >= 11 is 12.0. The Morgan fingerprint density at radius 1 is 1.08 bits per heavy atom. The second-order valence-corrected chi connectivity index (χ2v) is 6.38. The van der Waals surface area contributed by atoms with Crippen LogP contribution in [0.2, 0.25) is 10.0 Å². The second-order valence-electron chi connectivity index (χ2n) is 5.59. The maximum absolute atomic E-state index is 11.9. The summed E-state index contributed by atoms with van der Waals surface area (Å²) < 4.78 is 0. The molecule has 0 bridgehead atoms. The summed E-state index contributed by atoms with van der Waals surface area (Å²) in [7, 11) is 3.41. The first kappa shape index (κ1) is 19.0. The summed E-state index contributed by atoms with van der Waals surface area (Å²) in [4.78, 5) is 25.3. The van der Waals surface area contributed by atoms with Crippen molar-refractivity contribution in [3.63, 3.8) is 0 Å². The van der Waals surface area contributed by atoms with E-state index in [1.165, 1.54) is 11.0 Å². The van der Waals surface area contributed by atoms with E-state index in [2.05, 4.69) is 5.32 Å². The average molecular weight is 377 g/mol. The van der Waals surface area contributed by atoms with Crippen LogP contribution in [0.5, 0.6) is 0 Å². The maximum Gasteiger partial charge on any atom is 0.253 e. The van der Waals surface area contributed by atoms with Crippen LogP contribution in [0, 0.1) is 0 Å². The smallest absolute Gasteiger partial charge is 0.253 e. The van der Waals surface area contributed by atoms with Gasteiger partial charge in [-0.15, -0.1) is 0 Å². The number of carbonyl (C=O) groups excluding carboxylic acids is 2. The van der Waals surface area contributed by atoms with Gasteiger partial charge < -0.3 is 10.2 Å². The van der Waals surface area contributed by atoms with Crippen LogP contribution in [0.25, 0.3) is 6.08 Å². The van der Waals surface area contributed by atoms with Crippen LogP contribution in [0.1, 0.15) is 21.5 Å². The van der Waals surface area contributed by atoms with Crippen molar-refractivity contribution in [1.29, 1.82) is 0 Å². The van der Waals surface area contributed by atoms with Gasteiger partial charge >= 0.3 is 0 Å². The lowest BCUT2D eigenvalue weighted by Crippen LogP contribution is -2.22. The topological polar surface area (TPSA) is 49.4 Å². The Morgan fingerprint density at radius 2 is 1.76 bits per heavy atom. The number of amides is 2. The lowest BCUT2D eigenvalue weighted by atomic mass is 10.1. The Bertz CT molecular complexity index is 800. The fraction of sp³-hybridized carbons (Fsp3) is 0.158. The predicted octanol–water partition coefficient (Wildman–Crippen LogP) is 4.02. The normalized spacial score (nSPS) is 10.7. The van der Waals surface area contributed by atoms with Crippen LogP contribution in [0.4, 0.5) is 0 Å². The molecule has 0 aliphatic rings. The van der Waals surface area contributed by atoms with Gasteiger partial charge in [-0.3, -0.25) is 9.59 Å². The summed E-state index contributed by atoms with van der Waals surface area (Å²) in [5.41, 5.74) is 2.18. The summed E-state index contributed by atoms with van der Waals surface area (Å²) in [6, 6.07) is 12.3. The molecule has 0 saturated heterocycles. The zero-order valence-electron chi connectivity index (χ0n) is 13.9. The van der Waals surface area contributed by atoms with Crippen molar-refractivity contribution >= 4 is 41.1 Å². The molecule has 2 aromatic rings. The molecule has 2 amide bonds. The largest absolute Gasteiger partial charge is 0.348 e. The van der Waals surface area contributed by atoms with Crippen molar-refractivity contribution < 1.29 is 9.59 Å². The number of benzene rings is 2. The van der Waals surface area contributed by atoms with Crippen molar-refractivity contribution in [1.82, 2.24) is 10.2 Å². The van der Waals surface area contributed by atoms with Gasteiger partial charge in [0.25, 0.3) is 5.91 Å². The number of carbonyl (C=O) groups is 2. The van der Waals surface area contributed by atoms with Gasteiger partial charge in [0, 0.05) is 32.3 Å². The minimum absolute atomic E-state index is 0.0584. The van der Waals surface area contributed by atoms with E-state index >= 15 is 0 Å². The highest BCUT2D eigenvalue weighted by atomic mass is 35.5. The van der Waals surface area contributed by atoms with Crippen molar-refractivity contribution in [2.24, 2.45) is 0 Å². The van der Waals surface area contributed by atoms with Gasteiger partial charge in [0.15, 0.2) is 0 Å². The van der Waals surface area contributed by atoms with Crippen molar-refractivity contribution in [3.8, 4) is 0 Å². The lowest BCUT2D eigenvalue weighted by molar-refractivity contribution is -0.116. The molecule has 0 radical (unpaired) electrons. The molecule has 0 atom stereocenters. The van der Waals surface area contributed by atoms with Crippen molar-refractivity contribution in [3.05, 3.63) is 75.3 Å². The van der Waals surface area contributed by atoms with E-state index in [1.807, 2.05) is 12.1 Å². The van der Waals surface area contributed by atoms with Gasteiger partial charge in [-0.25, -0.2) is 0 Å². The van der Waals surface area contributed by atoms with Gasteiger partial charge in [0.1, 0.15) is 0 Å². The summed E-state index contributed by atoms with van der Waals surface area (Å²) in [6.07, 6.45) is 3.02. The number of hydrogen-bond donors (Lipinski definition) is 1.